The first-order chi connectivity index (χ1) is 15.9. The average Bonchev–Trinajstić information content (AvgIpc) is 3.24. The summed E-state index contributed by atoms with van der Waals surface area (Å²) >= 11 is 6.43. The van der Waals surface area contributed by atoms with Gasteiger partial charge in [0, 0.05) is 36.3 Å². The molecule has 0 spiro atoms. The van der Waals surface area contributed by atoms with Gasteiger partial charge in [0.05, 0.1) is 5.02 Å². The van der Waals surface area contributed by atoms with Crippen molar-refractivity contribution in [2.75, 3.05) is 5.32 Å². The van der Waals surface area contributed by atoms with E-state index in [4.69, 9.17) is 16.0 Å². The van der Waals surface area contributed by atoms with Gasteiger partial charge in [-0.1, -0.05) is 29.8 Å². The van der Waals surface area contributed by atoms with Crippen molar-refractivity contribution in [2.24, 2.45) is 0 Å². The number of aliphatic hydroxyl groups is 2. The van der Waals surface area contributed by atoms with Crippen molar-refractivity contribution in [3.63, 3.8) is 0 Å². The maximum atomic E-state index is 11.0. The fraction of sp³-hybridized carbons (Fsp3) is 0.208. The van der Waals surface area contributed by atoms with Crippen LogP contribution in [0.3, 0.4) is 0 Å². The van der Waals surface area contributed by atoms with E-state index in [9.17, 15) is 10.2 Å². The Hall–Kier alpha value is -3.30. The number of anilines is 1. The predicted molar refractivity (Wildman–Crippen MR) is 126 cm³/mol. The Morgan fingerprint density at radius 1 is 1.09 bits per heavy atom. The maximum Gasteiger partial charge on any atom is 0.227 e. The molecule has 4 rings (SSSR count). The smallest absolute Gasteiger partial charge is 0.227 e. The summed E-state index contributed by atoms with van der Waals surface area (Å²) in [5.41, 5.74) is 3.33. The molecule has 8 nitrogen and oxygen atoms in total. The van der Waals surface area contributed by atoms with E-state index in [1.165, 1.54) is 0 Å². The first-order valence-electron chi connectivity index (χ1n) is 10.4. The number of halogens is 1. The van der Waals surface area contributed by atoms with Gasteiger partial charge < -0.3 is 19.9 Å². The largest absolute Gasteiger partial charge is 0.436 e. The molecule has 0 saturated heterocycles. The average molecular weight is 466 g/mol. The van der Waals surface area contributed by atoms with Crippen LogP contribution in [0.4, 0.5) is 5.82 Å². The van der Waals surface area contributed by atoms with E-state index >= 15 is 0 Å². The zero-order chi connectivity index (χ0) is 23.4. The second-order valence-corrected chi connectivity index (χ2v) is 7.97. The number of aryl methyl sites for hydroxylation is 1. The minimum Gasteiger partial charge on any atom is -0.436 e. The number of aliphatic hydroxyl groups excluding tert-OH is 2. The van der Waals surface area contributed by atoms with E-state index in [2.05, 4.69) is 25.6 Å². The van der Waals surface area contributed by atoms with Crippen LogP contribution in [0.15, 0.2) is 65.5 Å². The van der Waals surface area contributed by atoms with Crippen molar-refractivity contribution in [3.8, 4) is 22.8 Å². The van der Waals surface area contributed by atoms with Gasteiger partial charge in [-0.2, -0.15) is 0 Å². The molecule has 0 aliphatic heterocycles. The Morgan fingerprint density at radius 3 is 2.64 bits per heavy atom. The Balaban J connectivity index is 1.74. The Bertz CT molecular complexity index is 1230. The molecular formula is C24H24ClN5O3. The quantitative estimate of drug-likeness (QED) is 0.285. The molecule has 9 heteroatoms. The zero-order valence-corrected chi connectivity index (χ0v) is 18.9. The van der Waals surface area contributed by atoms with E-state index in [0.717, 1.165) is 11.1 Å². The van der Waals surface area contributed by atoms with Gasteiger partial charge in [0.15, 0.2) is 12.0 Å². The van der Waals surface area contributed by atoms with Gasteiger partial charge in [-0.15, -0.1) is 0 Å². The summed E-state index contributed by atoms with van der Waals surface area (Å²) in [6.45, 7) is 3.87. The van der Waals surface area contributed by atoms with Gasteiger partial charge >= 0.3 is 0 Å². The molecule has 2 atom stereocenters. The lowest BCUT2D eigenvalue weighted by molar-refractivity contribution is 0.133. The Morgan fingerprint density at radius 2 is 1.91 bits per heavy atom. The van der Waals surface area contributed by atoms with Gasteiger partial charge in [-0.05, 0) is 49.2 Å². The molecule has 0 aliphatic carbocycles. The SMILES string of the molecule is Cc1cnc(NC(C)O)cc1-c1nc(C(O)NCc2cccnc2)c(-c2ccccc2Cl)o1. The highest BCUT2D eigenvalue weighted by atomic mass is 35.5. The number of hydrogen-bond acceptors (Lipinski definition) is 8. The van der Waals surface area contributed by atoms with Crippen LogP contribution in [-0.4, -0.2) is 31.4 Å². The fourth-order valence-electron chi connectivity index (χ4n) is 3.33. The van der Waals surface area contributed by atoms with Crippen LogP contribution in [-0.2, 0) is 6.54 Å². The van der Waals surface area contributed by atoms with Crippen molar-refractivity contribution in [2.45, 2.75) is 32.8 Å². The molecule has 33 heavy (non-hydrogen) atoms. The van der Waals surface area contributed by atoms with Gasteiger partial charge in [-0.25, -0.2) is 9.97 Å². The third kappa shape index (κ3) is 5.37. The number of rotatable bonds is 8. The molecule has 0 amide bonds. The molecule has 4 N–H and O–H groups in total. The van der Waals surface area contributed by atoms with E-state index in [0.29, 0.717) is 45.9 Å². The third-order valence-corrected chi connectivity index (χ3v) is 5.27. The lowest BCUT2D eigenvalue weighted by Gasteiger charge is -2.12. The van der Waals surface area contributed by atoms with E-state index in [1.807, 2.05) is 37.3 Å². The highest BCUT2D eigenvalue weighted by Crippen LogP contribution is 2.37. The summed E-state index contributed by atoms with van der Waals surface area (Å²) in [6, 6.07) is 12.7. The lowest BCUT2D eigenvalue weighted by Crippen LogP contribution is -2.21. The molecule has 0 saturated carbocycles. The summed E-state index contributed by atoms with van der Waals surface area (Å²) in [4.78, 5) is 13.0. The number of hydrogen-bond donors (Lipinski definition) is 4. The summed E-state index contributed by atoms with van der Waals surface area (Å²) in [5, 5.41) is 27.0. The number of oxazole rings is 1. The second-order valence-electron chi connectivity index (χ2n) is 7.56. The number of nitrogens with one attached hydrogen (secondary N) is 2. The number of pyridine rings is 2. The van der Waals surface area contributed by atoms with Crippen molar-refractivity contribution in [3.05, 3.63) is 82.9 Å². The monoisotopic (exact) mass is 465 g/mol. The topological polar surface area (TPSA) is 116 Å². The van der Waals surface area contributed by atoms with Crippen molar-refractivity contribution >= 4 is 17.4 Å². The van der Waals surface area contributed by atoms with Crippen LogP contribution in [0, 0.1) is 6.92 Å². The highest BCUT2D eigenvalue weighted by Gasteiger charge is 2.24. The first-order valence-corrected chi connectivity index (χ1v) is 10.8. The molecule has 4 aromatic rings. The van der Waals surface area contributed by atoms with E-state index < -0.39 is 12.5 Å². The molecule has 0 aliphatic rings. The number of benzene rings is 1. The van der Waals surface area contributed by atoms with Crippen LogP contribution >= 0.6 is 11.6 Å². The molecule has 0 fully saturated rings. The molecule has 3 heterocycles. The fourth-order valence-corrected chi connectivity index (χ4v) is 3.55. The Labute approximate surface area is 196 Å². The standard InChI is InChI=1S/C24H24ClN5O3/c1-14-11-27-20(29-15(2)31)10-18(14)24-30-21(22(33-24)17-7-3-4-8-19(17)25)23(32)28-13-16-6-5-9-26-12-16/h3-12,15,23,28,31-32H,13H2,1-2H3,(H,27,29). The molecule has 1 aromatic carbocycles. The molecular weight excluding hydrogens is 442 g/mol. The zero-order valence-electron chi connectivity index (χ0n) is 18.2. The second kappa shape index (κ2) is 10.1. The van der Waals surface area contributed by atoms with E-state index in [-0.39, 0.29) is 0 Å². The van der Waals surface area contributed by atoms with Gasteiger partial charge in [0.1, 0.15) is 17.7 Å². The lowest BCUT2D eigenvalue weighted by atomic mass is 10.1. The van der Waals surface area contributed by atoms with Crippen LogP contribution in [0.25, 0.3) is 22.8 Å². The summed E-state index contributed by atoms with van der Waals surface area (Å²) in [5.74, 6) is 1.14. The van der Waals surface area contributed by atoms with Gasteiger partial charge in [0.25, 0.3) is 0 Å². The van der Waals surface area contributed by atoms with Crippen molar-refractivity contribution in [1.82, 2.24) is 20.3 Å². The molecule has 3 aromatic heterocycles. The van der Waals surface area contributed by atoms with Gasteiger partial charge in [0.2, 0.25) is 5.89 Å². The van der Waals surface area contributed by atoms with Crippen molar-refractivity contribution < 1.29 is 14.6 Å². The minimum absolute atomic E-state index is 0.302. The number of aromatic nitrogens is 3. The van der Waals surface area contributed by atoms with Gasteiger partial charge in [-0.3, -0.25) is 10.3 Å². The van der Waals surface area contributed by atoms with Crippen LogP contribution < -0.4 is 10.6 Å². The molecule has 0 radical (unpaired) electrons. The minimum atomic E-state index is -1.12. The summed E-state index contributed by atoms with van der Waals surface area (Å²) in [6.07, 6.45) is 3.18. The Kier molecular flexibility index (Phi) is 7.00. The molecule has 0 bridgehead atoms. The van der Waals surface area contributed by atoms with Crippen LogP contribution in [0.5, 0.6) is 0 Å². The first kappa shape index (κ1) is 22.9. The van der Waals surface area contributed by atoms with Crippen LogP contribution in [0.2, 0.25) is 5.02 Å². The highest BCUT2D eigenvalue weighted by molar-refractivity contribution is 6.33. The molecule has 2 unspecified atom stereocenters. The van der Waals surface area contributed by atoms with Crippen LogP contribution in [0.1, 0.15) is 30.0 Å². The third-order valence-electron chi connectivity index (χ3n) is 4.94. The van der Waals surface area contributed by atoms with E-state index in [1.54, 1.807) is 37.6 Å². The maximum absolute atomic E-state index is 11.0. The van der Waals surface area contributed by atoms with Crippen molar-refractivity contribution in [1.29, 1.82) is 0 Å². The molecule has 170 valence electrons. The summed E-state index contributed by atoms with van der Waals surface area (Å²) in [7, 11) is 0. The normalized spacial score (nSPS) is 13.0. The number of nitrogens with zero attached hydrogens (tertiary/aromatic N) is 3. The predicted octanol–water partition coefficient (Wildman–Crippen LogP) is 4.29. The summed E-state index contributed by atoms with van der Waals surface area (Å²) < 4.78 is 6.16.